The first-order valence-corrected chi connectivity index (χ1v) is 11.0. The minimum atomic E-state index is -0.143. The molecular weight excluding hydrogens is 394 g/mol. The van der Waals surface area contributed by atoms with Crippen molar-refractivity contribution < 1.29 is 9.59 Å². The molecule has 1 fully saturated rings. The van der Waals surface area contributed by atoms with Crippen LogP contribution in [0.4, 0.5) is 0 Å². The first kappa shape index (κ1) is 19.3. The number of thiophene rings is 1. The average molecular weight is 420 g/mol. The molecule has 1 aliphatic heterocycles. The van der Waals surface area contributed by atoms with Gasteiger partial charge in [0.2, 0.25) is 5.91 Å². The number of piperidine rings is 1. The lowest BCUT2D eigenvalue weighted by Gasteiger charge is -2.32. The summed E-state index contributed by atoms with van der Waals surface area (Å²) in [4.78, 5) is 29.0. The van der Waals surface area contributed by atoms with Gasteiger partial charge in [-0.3, -0.25) is 14.7 Å². The average Bonchev–Trinajstić information content (AvgIpc) is 3.29. The molecule has 1 aliphatic carbocycles. The van der Waals surface area contributed by atoms with Crippen molar-refractivity contribution in [1.82, 2.24) is 25.0 Å². The number of nitrogens with one attached hydrogen (secondary N) is 2. The van der Waals surface area contributed by atoms with Gasteiger partial charge in [-0.15, -0.1) is 11.3 Å². The molecule has 4 rings (SSSR count). The first-order valence-electron chi connectivity index (χ1n) is 9.82. The van der Waals surface area contributed by atoms with E-state index in [1.807, 2.05) is 22.6 Å². The SMILES string of the molecule is Cn1c(C2CCCN(C(=O)CNC(=O)c3cc4c(s3)CCCC4)C2)n[nH]c1=S. The Hall–Kier alpha value is -2.00. The van der Waals surface area contributed by atoms with Crippen LogP contribution in [0.5, 0.6) is 0 Å². The third-order valence-corrected chi connectivity index (χ3v) is 7.28. The van der Waals surface area contributed by atoms with Gasteiger partial charge >= 0.3 is 0 Å². The number of fused-ring (bicyclic) bond motifs is 1. The van der Waals surface area contributed by atoms with E-state index in [0.717, 1.165) is 36.4 Å². The summed E-state index contributed by atoms with van der Waals surface area (Å²) in [7, 11) is 1.89. The van der Waals surface area contributed by atoms with Gasteiger partial charge in [-0.25, -0.2) is 0 Å². The summed E-state index contributed by atoms with van der Waals surface area (Å²) in [5.41, 5.74) is 1.31. The molecule has 0 saturated carbocycles. The van der Waals surface area contributed by atoms with Crippen molar-refractivity contribution in [3.8, 4) is 0 Å². The van der Waals surface area contributed by atoms with Crippen molar-refractivity contribution in [1.29, 1.82) is 0 Å². The van der Waals surface area contributed by atoms with E-state index in [4.69, 9.17) is 12.2 Å². The molecule has 150 valence electrons. The smallest absolute Gasteiger partial charge is 0.261 e. The number of aromatic amines is 1. The van der Waals surface area contributed by atoms with Gasteiger partial charge in [-0.05, 0) is 62.4 Å². The molecule has 2 N–H and O–H groups in total. The standard InChI is InChI=1S/C19H25N5O2S2/c1-23-17(21-22-19(23)27)13-6-4-8-24(11-13)16(25)10-20-18(26)15-9-12-5-2-3-7-14(12)28-15/h9,13H,2-8,10-11H2,1H3,(H,20,26)(H,22,27). The van der Waals surface area contributed by atoms with Crippen LogP contribution >= 0.6 is 23.6 Å². The molecule has 2 aromatic rings. The van der Waals surface area contributed by atoms with Crippen molar-refractivity contribution in [2.75, 3.05) is 19.6 Å². The fraction of sp³-hybridized carbons (Fsp3) is 0.579. The van der Waals surface area contributed by atoms with E-state index in [1.165, 1.54) is 23.3 Å². The minimum absolute atomic E-state index is 0.0348. The molecule has 2 amide bonds. The second kappa shape index (κ2) is 8.16. The summed E-state index contributed by atoms with van der Waals surface area (Å²) < 4.78 is 2.46. The highest BCUT2D eigenvalue weighted by molar-refractivity contribution is 7.71. The van der Waals surface area contributed by atoms with E-state index in [2.05, 4.69) is 15.5 Å². The quantitative estimate of drug-likeness (QED) is 0.746. The van der Waals surface area contributed by atoms with Crippen LogP contribution in [0.15, 0.2) is 6.07 Å². The Morgan fingerprint density at radius 1 is 1.36 bits per heavy atom. The number of nitrogens with zero attached hydrogens (tertiary/aromatic N) is 3. The van der Waals surface area contributed by atoms with Gasteiger partial charge < -0.3 is 14.8 Å². The zero-order chi connectivity index (χ0) is 19.7. The van der Waals surface area contributed by atoms with Crippen LogP contribution in [-0.2, 0) is 24.7 Å². The number of aromatic nitrogens is 3. The third-order valence-electron chi connectivity index (χ3n) is 5.67. The van der Waals surface area contributed by atoms with Crippen LogP contribution in [0, 0.1) is 4.77 Å². The molecule has 0 radical (unpaired) electrons. The molecule has 3 heterocycles. The summed E-state index contributed by atoms with van der Waals surface area (Å²) in [6.07, 6.45) is 6.41. The lowest BCUT2D eigenvalue weighted by atomic mass is 9.97. The predicted octanol–water partition coefficient (Wildman–Crippen LogP) is 2.55. The number of carbonyl (C=O) groups excluding carboxylic acids is 2. The second-order valence-corrected chi connectivity index (χ2v) is 9.10. The highest BCUT2D eigenvalue weighted by atomic mass is 32.1. The molecule has 28 heavy (non-hydrogen) atoms. The summed E-state index contributed by atoms with van der Waals surface area (Å²) >= 11 is 6.76. The Morgan fingerprint density at radius 2 is 2.18 bits per heavy atom. The van der Waals surface area contributed by atoms with Crippen LogP contribution in [0.1, 0.15) is 57.5 Å². The molecule has 9 heteroatoms. The molecule has 0 spiro atoms. The normalized spacial score (nSPS) is 19.3. The van der Waals surface area contributed by atoms with Gasteiger partial charge in [-0.2, -0.15) is 5.10 Å². The topological polar surface area (TPSA) is 83.0 Å². The number of likely N-dealkylation sites (tertiary alicyclic amines) is 1. The van der Waals surface area contributed by atoms with Crippen molar-refractivity contribution >= 4 is 35.4 Å². The number of hydrogen-bond acceptors (Lipinski definition) is 5. The van der Waals surface area contributed by atoms with Gasteiger partial charge in [0.05, 0.1) is 11.4 Å². The Bertz CT molecular complexity index is 921. The number of rotatable bonds is 4. The maximum atomic E-state index is 12.7. The van der Waals surface area contributed by atoms with Crippen molar-refractivity contribution in [2.45, 2.75) is 44.4 Å². The summed E-state index contributed by atoms with van der Waals surface area (Å²) in [5.74, 6) is 0.859. The van der Waals surface area contributed by atoms with E-state index >= 15 is 0 Å². The number of hydrogen-bond donors (Lipinski definition) is 2. The number of amides is 2. The highest BCUT2D eigenvalue weighted by Gasteiger charge is 2.28. The lowest BCUT2D eigenvalue weighted by Crippen LogP contribution is -2.44. The molecule has 0 aromatic carbocycles. The van der Waals surface area contributed by atoms with E-state index in [-0.39, 0.29) is 24.3 Å². The van der Waals surface area contributed by atoms with Crippen molar-refractivity contribution in [2.24, 2.45) is 7.05 Å². The third kappa shape index (κ3) is 3.91. The Kier molecular flexibility index (Phi) is 5.63. The lowest BCUT2D eigenvalue weighted by molar-refractivity contribution is -0.131. The number of aryl methyl sites for hydroxylation is 2. The van der Waals surface area contributed by atoms with Crippen molar-refractivity contribution in [3.05, 3.63) is 32.0 Å². The van der Waals surface area contributed by atoms with E-state index in [1.54, 1.807) is 11.3 Å². The van der Waals surface area contributed by atoms with E-state index in [9.17, 15) is 9.59 Å². The summed E-state index contributed by atoms with van der Waals surface area (Å²) in [6, 6.07) is 2.00. The van der Waals surface area contributed by atoms with Gasteiger partial charge in [-0.1, -0.05) is 0 Å². The van der Waals surface area contributed by atoms with Gasteiger partial charge in [0.25, 0.3) is 5.91 Å². The predicted molar refractivity (Wildman–Crippen MR) is 110 cm³/mol. The molecule has 0 bridgehead atoms. The molecule has 1 saturated heterocycles. The molecule has 1 atom stereocenters. The largest absolute Gasteiger partial charge is 0.342 e. The Balaban J connectivity index is 1.34. The van der Waals surface area contributed by atoms with Gasteiger partial charge in [0.1, 0.15) is 5.82 Å². The molecular formula is C19H25N5O2S2. The maximum absolute atomic E-state index is 12.7. The molecule has 7 nitrogen and oxygen atoms in total. The number of H-pyrrole nitrogens is 1. The monoisotopic (exact) mass is 419 g/mol. The summed E-state index contributed by atoms with van der Waals surface area (Å²) in [6.45, 7) is 1.36. The molecule has 1 unspecified atom stereocenters. The zero-order valence-electron chi connectivity index (χ0n) is 16.0. The fourth-order valence-electron chi connectivity index (χ4n) is 4.10. The molecule has 2 aliphatic rings. The minimum Gasteiger partial charge on any atom is -0.342 e. The zero-order valence-corrected chi connectivity index (χ0v) is 17.6. The number of carbonyl (C=O) groups is 2. The van der Waals surface area contributed by atoms with E-state index < -0.39 is 0 Å². The van der Waals surface area contributed by atoms with E-state index in [0.29, 0.717) is 17.9 Å². The van der Waals surface area contributed by atoms with Crippen LogP contribution in [0.2, 0.25) is 0 Å². The first-order chi connectivity index (χ1) is 13.5. The van der Waals surface area contributed by atoms with Crippen molar-refractivity contribution in [3.63, 3.8) is 0 Å². The van der Waals surface area contributed by atoms with Crippen LogP contribution in [0.25, 0.3) is 0 Å². The maximum Gasteiger partial charge on any atom is 0.261 e. The van der Waals surface area contributed by atoms with Crippen LogP contribution in [0.3, 0.4) is 0 Å². The fourth-order valence-corrected chi connectivity index (χ4v) is 5.41. The van der Waals surface area contributed by atoms with Gasteiger partial charge in [0, 0.05) is 30.9 Å². The highest BCUT2D eigenvalue weighted by Crippen LogP contribution is 2.29. The second-order valence-electron chi connectivity index (χ2n) is 7.57. The Morgan fingerprint density at radius 3 is 2.93 bits per heavy atom. The summed E-state index contributed by atoms with van der Waals surface area (Å²) in [5, 5.41) is 9.94. The van der Waals surface area contributed by atoms with Crippen LogP contribution in [-0.4, -0.2) is 51.1 Å². The Labute approximate surface area is 173 Å². The molecule has 2 aromatic heterocycles. The van der Waals surface area contributed by atoms with Gasteiger partial charge in [0.15, 0.2) is 4.77 Å². The van der Waals surface area contributed by atoms with Crippen LogP contribution < -0.4 is 5.32 Å².